The van der Waals surface area contributed by atoms with Crippen molar-refractivity contribution in [3.63, 3.8) is 0 Å². The Kier molecular flexibility index (Phi) is 5.28. The van der Waals surface area contributed by atoms with E-state index in [1.165, 1.54) is 5.56 Å². The Morgan fingerprint density at radius 3 is 2.81 bits per heavy atom. The molecule has 0 unspecified atom stereocenters. The van der Waals surface area contributed by atoms with Crippen molar-refractivity contribution in [2.75, 3.05) is 24.6 Å². The minimum atomic E-state index is 0.0115. The number of rotatable bonds is 6. The van der Waals surface area contributed by atoms with Crippen molar-refractivity contribution in [3.05, 3.63) is 53.7 Å². The predicted octanol–water partition coefficient (Wildman–Crippen LogP) is 3.58. The molecule has 1 aromatic carbocycles. The van der Waals surface area contributed by atoms with E-state index in [1.807, 2.05) is 18.2 Å². The van der Waals surface area contributed by atoms with Crippen molar-refractivity contribution < 1.29 is 9.53 Å². The van der Waals surface area contributed by atoms with Gasteiger partial charge in [-0.15, -0.1) is 0 Å². The van der Waals surface area contributed by atoms with E-state index in [0.717, 1.165) is 50.3 Å². The van der Waals surface area contributed by atoms with Crippen LogP contribution in [-0.2, 0) is 0 Å². The topological polar surface area (TPSA) is 54.5 Å². The molecule has 4 rings (SSSR count). The van der Waals surface area contributed by atoms with Crippen LogP contribution in [0.4, 0.5) is 5.82 Å². The largest absolute Gasteiger partial charge is 0.493 e. The number of nitrogens with one attached hydrogen (secondary N) is 1. The molecular weight excluding hydrogens is 338 g/mol. The standard InChI is InChI=1S/C22H27N3O2/c1-16-4-8-20(9-5-16)27-15-17-3-2-12-25(14-17)21-13-18(10-11-23-21)22(26)24-19-6-7-19/h4-5,8-11,13,17,19H,2-3,6-7,12,14-15H2,1H3,(H,24,26)/t17-/m0/s1. The number of nitrogens with zero attached hydrogens (tertiary/aromatic N) is 2. The summed E-state index contributed by atoms with van der Waals surface area (Å²) in [7, 11) is 0. The number of piperidine rings is 1. The van der Waals surface area contributed by atoms with Crippen LogP contribution < -0.4 is 15.0 Å². The average Bonchev–Trinajstić information content (AvgIpc) is 3.52. The lowest BCUT2D eigenvalue weighted by atomic mass is 9.99. The van der Waals surface area contributed by atoms with Crippen LogP contribution in [0.3, 0.4) is 0 Å². The van der Waals surface area contributed by atoms with Crippen LogP contribution >= 0.6 is 0 Å². The number of aryl methyl sites for hydroxylation is 1. The van der Waals surface area contributed by atoms with Gasteiger partial charge in [-0.1, -0.05) is 17.7 Å². The maximum Gasteiger partial charge on any atom is 0.251 e. The summed E-state index contributed by atoms with van der Waals surface area (Å²) >= 11 is 0. The first kappa shape index (κ1) is 17.8. The average molecular weight is 365 g/mol. The van der Waals surface area contributed by atoms with Gasteiger partial charge in [-0.3, -0.25) is 4.79 Å². The van der Waals surface area contributed by atoms with Crippen LogP contribution in [0.15, 0.2) is 42.6 Å². The quantitative estimate of drug-likeness (QED) is 0.850. The molecule has 2 heterocycles. The van der Waals surface area contributed by atoms with E-state index in [0.29, 0.717) is 24.1 Å². The van der Waals surface area contributed by atoms with Crippen LogP contribution in [0.25, 0.3) is 0 Å². The minimum Gasteiger partial charge on any atom is -0.493 e. The molecule has 142 valence electrons. The summed E-state index contributed by atoms with van der Waals surface area (Å²) in [5.41, 5.74) is 1.94. The fourth-order valence-electron chi connectivity index (χ4n) is 3.49. The molecule has 1 aliphatic heterocycles. The molecule has 1 atom stereocenters. The normalized spacial score (nSPS) is 19.6. The monoisotopic (exact) mass is 365 g/mol. The number of carbonyl (C=O) groups is 1. The number of aromatic nitrogens is 1. The van der Waals surface area contributed by atoms with E-state index in [9.17, 15) is 4.79 Å². The lowest BCUT2D eigenvalue weighted by molar-refractivity contribution is 0.0951. The third kappa shape index (κ3) is 4.79. The fraction of sp³-hybridized carbons (Fsp3) is 0.455. The molecule has 5 nitrogen and oxygen atoms in total. The maximum atomic E-state index is 12.3. The van der Waals surface area contributed by atoms with Crippen LogP contribution in [0.2, 0.25) is 0 Å². The van der Waals surface area contributed by atoms with Crippen molar-refractivity contribution in [2.45, 2.75) is 38.6 Å². The third-order valence-corrected chi connectivity index (χ3v) is 5.27. The molecule has 1 amide bonds. The van der Waals surface area contributed by atoms with Gasteiger partial charge in [-0.2, -0.15) is 0 Å². The van der Waals surface area contributed by atoms with Gasteiger partial charge in [0.15, 0.2) is 0 Å². The highest BCUT2D eigenvalue weighted by Crippen LogP contribution is 2.24. The number of hydrogen-bond acceptors (Lipinski definition) is 4. The minimum absolute atomic E-state index is 0.0115. The molecule has 1 saturated carbocycles. The van der Waals surface area contributed by atoms with Crippen LogP contribution in [-0.4, -0.2) is 36.6 Å². The number of carbonyl (C=O) groups excluding carboxylic acids is 1. The first-order chi connectivity index (χ1) is 13.2. The molecule has 1 aliphatic carbocycles. The summed E-state index contributed by atoms with van der Waals surface area (Å²) in [5.74, 6) is 2.29. The molecule has 1 saturated heterocycles. The molecule has 1 N–H and O–H groups in total. The summed E-state index contributed by atoms with van der Waals surface area (Å²) < 4.78 is 5.99. The van der Waals surface area contributed by atoms with Gasteiger partial charge in [0, 0.05) is 36.8 Å². The zero-order valence-corrected chi connectivity index (χ0v) is 15.9. The van der Waals surface area contributed by atoms with Gasteiger partial charge in [0.2, 0.25) is 0 Å². The Morgan fingerprint density at radius 1 is 1.22 bits per heavy atom. The highest BCUT2D eigenvalue weighted by atomic mass is 16.5. The number of pyridine rings is 1. The first-order valence-electron chi connectivity index (χ1n) is 9.89. The number of amides is 1. The highest BCUT2D eigenvalue weighted by Gasteiger charge is 2.25. The van der Waals surface area contributed by atoms with Gasteiger partial charge in [0.25, 0.3) is 5.91 Å². The van der Waals surface area contributed by atoms with Crippen LogP contribution in [0.5, 0.6) is 5.75 Å². The molecule has 5 heteroatoms. The molecule has 0 spiro atoms. The van der Waals surface area contributed by atoms with Crippen LogP contribution in [0.1, 0.15) is 41.6 Å². The summed E-state index contributed by atoms with van der Waals surface area (Å²) in [6.45, 7) is 4.67. The number of ether oxygens (including phenoxy) is 1. The van der Waals surface area contributed by atoms with Crippen molar-refractivity contribution in [2.24, 2.45) is 5.92 Å². The number of benzene rings is 1. The van der Waals surface area contributed by atoms with E-state index in [2.05, 4.69) is 34.3 Å². The van der Waals surface area contributed by atoms with Crippen molar-refractivity contribution in [1.29, 1.82) is 0 Å². The summed E-state index contributed by atoms with van der Waals surface area (Å²) in [6, 6.07) is 12.3. The zero-order chi connectivity index (χ0) is 18.6. The Balaban J connectivity index is 1.36. The van der Waals surface area contributed by atoms with Gasteiger partial charge in [-0.05, 0) is 56.9 Å². The summed E-state index contributed by atoms with van der Waals surface area (Å²) in [5, 5.41) is 3.05. The molecule has 2 aliphatic rings. The predicted molar refractivity (Wildman–Crippen MR) is 106 cm³/mol. The van der Waals surface area contributed by atoms with Gasteiger partial charge in [0.05, 0.1) is 6.61 Å². The second kappa shape index (κ2) is 7.99. The van der Waals surface area contributed by atoms with Crippen molar-refractivity contribution in [3.8, 4) is 5.75 Å². The summed E-state index contributed by atoms with van der Waals surface area (Å²) in [6.07, 6.45) is 6.20. The molecule has 0 radical (unpaired) electrons. The Hall–Kier alpha value is -2.56. The Morgan fingerprint density at radius 2 is 2.04 bits per heavy atom. The Labute approximate surface area is 160 Å². The van der Waals surface area contributed by atoms with Crippen molar-refractivity contribution in [1.82, 2.24) is 10.3 Å². The van der Waals surface area contributed by atoms with Gasteiger partial charge in [-0.25, -0.2) is 4.98 Å². The number of anilines is 1. The van der Waals surface area contributed by atoms with E-state index in [-0.39, 0.29) is 5.91 Å². The highest BCUT2D eigenvalue weighted by molar-refractivity contribution is 5.95. The van der Waals surface area contributed by atoms with Crippen LogP contribution in [0, 0.1) is 12.8 Å². The number of hydrogen-bond donors (Lipinski definition) is 1. The molecule has 0 bridgehead atoms. The Bertz CT molecular complexity index is 786. The zero-order valence-electron chi connectivity index (χ0n) is 15.9. The van der Waals surface area contributed by atoms with Gasteiger partial charge >= 0.3 is 0 Å². The second-order valence-corrected chi connectivity index (χ2v) is 7.73. The maximum absolute atomic E-state index is 12.3. The van der Waals surface area contributed by atoms with Crippen molar-refractivity contribution >= 4 is 11.7 Å². The van der Waals surface area contributed by atoms with E-state index in [1.54, 1.807) is 12.3 Å². The second-order valence-electron chi connectivity index (χ2n) is 7.73. The first-order valence-corrected chi connectivity index (χ1v) is 9.89. The van der Waals surface area contributed by atoms with E-state index < -0.39 is 0 Å². The lowest BCUT2D eigenvalue weighted by Crippen LogP contribution is -2.38. The molecule has 2 fully saturated rings. The van der Waals surface area contributed by atoms with E-state index >= 15 is 0 Å². The lowest BCUT2D eigenvalue weighted by Gasteiger charge is -2.33. The third-order valence-electron chi connectivity index (χ3n) is 5.27. The van der Waals surface area contributed by atoms with E-state index in [4.69, 9.17) is 4.74 Å². The molecule has 27 heavy (non-hydrogen) atoms. The smallest absolute Gasteiger partial charge is 0.251 e. The van der Waals surface area contributed by atoms with Gasteiger partial charge < -0.3 is 15.0 Å². The summed E-state index contributed by atoms with van der Waals surface area (Å²) in [4.78, 5) is 19.1. The molecule has 1 aromatic heterocycles. The molecule has 2 aromatic rings. The fourth-order valence-corrected chi connectivity index (χ4v) is 3.49. The SMILES string of the molecule is Cc1ccc(OC[C@H]2CCCN(c3cc(C(=O)NC4CC4)ccn3)C2)cc1. The van der Waals surface area contributed by atoms with Gasteiger partial charge in [0.1, 0.15) is 11.6 Å². The molecular formula is C22H27N3O2.